The molecule has 1 unspecified atom stereocenters. The molecule has 3 rings (SSSR count). The molecule has 1 fully saturated rings. The molecular weight excluding hydrogens is 318 g/mol. The Labute approximate surface area is 147 Å². The molecule has 1 aliphatic heterocycles. The topological polar surface area (TPSA) is 64.5 Å². The maximum Gasteiger partial charge on any atom is 0.253 e. The summed E-state index contributed by atoms with van der Waals surface area (Å²) >= 11 is 0. The van der Waals surface area contributed by atoms with Crippen LogP contribution < -0.4 is 9.47 Å². The summed E-state index contributed by atoms with van der Waals surface area (Å²) in [6.45, 7) is 4.07. The average Bonchev–Trinajstić information content (AvgIpc) is 3.11. The molecule has 1 aliphatic rings. The van der Waals surface area contributed by atoms with Gasteiger partial charge in [-0.05, 0) is 36.8 Å². The van der Waals surface area contributed by atoms with E-state index in [1.165, 1.54) is 0 Å². The number of carbonyl (C=O) groups excluding carboxylic acids is 1. The normalized spacial score (nSPS) is 16.7. The van der Waals surface area contributed by atoms with Crippen LogP contribution in [0.25, 0.3) is 0 Å². The summed E-state index contributed by atoms with van der Waals surface area (Å²) in [4.78, 5) is 14.4. The summed E-state index contributed by atoms with van der Waals surface area (Å²) < 4.78 is 11.4. The van der Waals surface area contributed by atoms with Gasteiger partial charge >= 0.3 is 0 Å². The summed E-state index contributed by atoms with van der Waals surface area (Å²) in [6, 6.07) is 10.9. The molecule has 0 bridgehead atoms. The predicted molar refractivity (Wildman–Crippen MR) is 93.8 cm³/mol. The highest BCUT2D eigenvalue weighted by molar-refractivity contribution is 5.94. The first-order valence-corrected chi connectivity index (χ1v) is 8.72. The zero-order valence-electron chi connectivity index (χ0n) is 14.4. The Balaban J connectivity index is 1.53. The minimum Gasteiger partial charge on any atom is -0.494 e. The summed E-state index contributed by atoms with van der Waals surface area (Å²) in [5.74, 6) is 1.32. The van der Waals surface area contributed by atoms with E-state index in [9.17, 15) is 4.79 Å². The van der Waals surface area contributed by atoms with E-state index in [1.807, 2.05) is 29.2 Å². The molecule has 1 aromatic heterocycles. The third-order valence-electron chi connectivity index (χ3n) is 4.14. The smallest absolute Gasteiger partial charge is 0.253 e. The van der Waals surface area contributed by atoms with Crippen LogP contribution in [-0.2, 0) is 0 Å². The molecule has 1 aromatic carbocycles. The van der Waals surface area contributed by atoms with Gasteiger partial charge < -0.3 is 14.4 Å². The Kier molecular flexibility index (Phi) is 5.82. The number of rotatable bonds is 7. The quantitative estimate of drug-likeness (QED) is 0.725. The number of hydrogen-bond donors (Lipinski definition) is 0. The lowest BCUT2D eigenvalue weighted by Gasteiger charge is -2.17. The Morgan fingerprint density at radius 2 is 2.12 bits per heavy atom. The molecule has 0 N–H and O–H groups in total. The Morgan fingerprint density at radius 3 is 2.84 bits per heavy atom. The van der Waals surface area contributed by atoms with Crippen LogP contribution in [0, 0.1) is 0 Å². The van der Waals surface area contributed by atoms with E-state index in [-0.39, 0.29) is 12.0 Å². The van der Waals surface area contributed by atoms with Crippen molar-refractivity contribution in [1.29, 1.82) is 0 Å². The second-order valence-corrected chi connectivity index (χ2v) is 6.07. The largest absolute Gasteiger partial charge is 0.494 e. The first kappa shape index (κ1) is 17.2. The molecule has 1 amide bonds. The fourth-order valence-corrected chi connectivity index (χ4v) is 2.74. The van der Waals surface area contributed by atoms with Crippen molar-refractivity contribution in [2.75, 3.05) is 19.7 Å². The summed E-state index contributed by atoms with van der Waals surface area (Å²) in [7, 11) is 0. The number of ether oxygens (including phenoxy) is 2. The van der Waals surface area contributed by atoms with Crippen molar-refractivity contribution >= 4 is 5.91 Å². The van der Waals surface area contributed by atoms with E-state index in [0.717, 1.165) is 25.0 Å². The molecule has 1 atom stereocenters. The van der Waals surface area contributed by atoms with Gasteiger partial charge in [0.15, 0.2) is 0 Å². The molecule has 2 heterocycles. The fourth-order valence-electron chi connectivity index (χ4n) is 2.74. The van der Waals surface area contributed by atoms with Crippen molar-refractivity contribution in [1.82, 2.24) is 15.1 Å². The van der Waals surface area contributed by atoms with E-state index in [0.29, 0.717) is 31.1 Å². The van der Waals surface area contributed by atoms with Crippen molar-refractivity contribution < 1.29 is 14.3 Å². The Morgan fingerprint density at radius 1 is 1.28 bits per heavy atom. The van der Waals surface area contributed by atoms with Gasteiger partial charge in [-0.1, -0.05) is 13.3 Å². The molecule has 2 aromatic rings. The van der Waals surface area contributed by atoms with Crippen LogP contribution in [0.2, 0.25) is 0 Å². The van der Waals surface area contributed by atoms with Crippen molar-refractivity contribution in [3.05, 3.63) is 48.2 Å². The summed E-state index contributed by atoms with van der Waals surface area (Å²) in [5.41, 5.74) is 0.669. The molecule has 1 saturated heterocycles. The first-order valence-electron chi connectivity index (χ1n) is 8.72. The third-order valence-corrected chi connectivity index (χ3v) is 4.14. The van der Waals surface area contributed by atoms with Crippen molar-refractivity contribution in [2.45, 2.75) is 32.3 Å². The van der Waals surface area contributed by atoms with Crippen LogP contribution in [0.4, 0.5) is 0 Å². The van der Waals surface area contributed by atoms with E-state index in [2.05, 4.69) is 17.1 Å². The number of unbranched alkanes of at least 4 members (excludes halogenated alkanes) is 1. The summed E-state index contributed by atoms with van der Waals surface area (Å²) in [5, 5.41) is 7.72. The van der Waals surface area contributed by atoms with Gasteiger partial charge in [-0.15, -0.1) is 5.10 Å². The van der Waals surface area contributed by atoms with Crippen LogP contribution in [0.3, 0.4) is 0 Å². The van der Waals surface area contributed by atoms with Gasteiger partial charge in [0.1, 0.15) is 11.9 Å². The lowest BCUT2D eigenvalue weighted by atomic mass is 10.2. The van der Waals surface area contributed by atoms with E-state index >= 15 is 0 Å². The second-order valence-electron chi connectivity index (χ2n) is 6.07. The van der Waals surface area contributed by atoms with Crippen LogP contribution in [-0.4, -0.2) is 46.8 Å². The van der Waals surface area contributed by atoms with Crippen molar-refractivity contribution in [3.8, 4) is 11.6 Å². The monoisotopic (exact) mass is 341 g/mol. The van der Waals surface area contributed by atoms with Crippen LogP contribution in [0.15, 0.2) is 42.6 Å². The number of nitrogens with zero attached hydrogens (tertiary/aromatic N) is 3. The molecule has 0 saturated carbocycles. The number of likely N-dealkylation sites (tertiary alicyclic amines) is 1. The SMILES string of the molecule is CCCCOc1ccc(C(=O)N2CCC(Oc3cccnn3)C2)cc1. The van der Waals surface area contributed by atoms with Gasteiger partial charge in [-0.25, -0.2) is 0 Å². The highest BCUT2D eigenvalue weighted by Gasteiger charge is 2.28. The van der Waals surface area contributed by atoms with Crippen molar-refractivity contribution in [3.63, 3.8) is 0 Å². The second kappa shape index (κ2) is 8.46. The maximum atomic E-state index is 12.6. The van der Waals surface area contributed by atoms with Gasteiger partial charge in [-0.3, -0.25) is 4.79 Å². The molecule has 6 nitrogen and oxygen atoms in total. The molecule has 6 heteroatoms. The molecule has 0 spiro atoms. The van der Waals surface area contributed by atoms with Gasteiger partial charge in [-0.2, -0.15) is 5.10 Å². The molecular formula is C19H23N3O3. The van der Waals surface area contributed by atoms with Gasteiger partial charge in [0.2, 0.25) is 5.88 Å². The molecule has 0 aliphatic carbocycles. The van der Waals surface area contributed by atoms with Crippen LogP contribution in [0.1, 0.15) is 36.5 Å². The Hall–Kier alpha value is -2.63. The zero-order chi connectivity index (χ0) is 17.5. The molecule has 0 radical (unpaired) electrons. The van der Waals surface area contributed by atoms with E-state index < -0.39 is 0 Å². The van der Waals surface area contributed by atoms with Gasteiger partial charge in [0, 0.05) is 30.8 Å². The highest BCUT2D eigenvalue weighted by Crippen LogP contribution is 2.19. The summed E-state index contributed by atoms with van der Waals surface area (Å²) in [6.07, 6.45) is 4.48. The minimum absolute atomic E-state index is 0.0188. The standard InChI is InChI=1S/C19H23N3O3/c1-2-3-13-24-16-8-6-15(7-9-16)19(23)22-12-10-17(14-22)25-18-5-4-11-20-21-18/h4-9,11,17H,2-3,10,12-14H2,1H3. The highest BCUT2D eigenvalue weighted by atomic mass is 16.5. The van der Waals surface area contributed by atoms with Crippen LogP contribution in [0.5, 0.6) is 11.6 Å². The first-order chi connectivity index (χ1) is 12.3. The van der Waals surface area contributed by atoms with E-state index in [1.54, 1.807) is 18.3 Å². The van der Waals surface area contributed by atoms with Gasteiger partial charge in [0.05, 0.1) is 13.2 Å². The minimum atomic E-state index is -0.0442. The molecule has 132 valence electrons. The lowest BCUT2D eigenvalue weighted by Crippen LogP contribution is -2.31. The number of carbonyl (C=O) groups is 1. The Bertz CT molecular complexity index is 676. The van der Waals surface area contributed by atoms with Crippen molar-refractivity contribution in [2.24, 2.45) is 0 Å². The zero-order valence-corrected chi connectivity index (χ0v) is 14.4. The number of aromatic nitrogens is 2. The average molecular weight is 341 g/mol. The van der Waals surface area contributed by atoms with Gasteiger partial charge in [0.25, 0.3) is 5.91 Å². The number of benzene rings is 1. The third kappa shape index (κ3) is 4.68. The number of hydrogen-bond acceptors (Lipinski definition) is 5. The predicted octanol–water partition coefficient (Wildman–Crippen LogP) is 2.95. The van der Waals surface area contributed by atoms with E-state index in [4.69, 9.17) is 9.47 Å². The fraction of sp³-hybridized carbons (Fsp3) is 0.421. The lowest BCUT2D eigenvalue weighted by molar-refractivity contribution is 0.0771. The van der Waals surface area contributed by atoms with Crippen LogP contribution >= 0.6 is 0 Å². The maximum absolute atomic E-state index is 12.6. The molecule has 25 heavy (non-hydrogen) atoms. The number of amides is 1.